The monoisotopic (exact) mass is 222 g/mol. The second-order valence-corrected chi connectivity index (χ2v) is 5.25. The molecule has 1 aliphatic rings. The maximum atomic E-state index is 12.4. The van der Waals surface area contributed by atoms with Gasteiger partial charge >= 0.3 is 0 Å². The van der Waals surface area contributed by atoms with Crippen molar-refractivity contribution in [2.75, 3.05) is 7.05 Å². The molecule has 0 spiro atoms. The van der Waals surface area contributed by atoms with Crippen LogP contribution in [0.15, 0.2) is 0 Å². The summed E-state index contributed by atoms with van der Waals surface area (Å²) >= 11 is 0. The molecule has 0 aromatic rings. The highest BCUT2D eigenvalue weighted by molar-refractivity contribution is 5.82. The van der Waals surface area contributed by atoms with Crippen LogP contribution in [-0.4, -0.2) is 23.9 Å². The van der Waals surface area contributed by atoms with Gasteiger partial charge in [-0.2, -0.15) is 5.26 Å². The summed E-state index contributed by atoms with van der Waals surface area (Å²) in [6, 6.07) is 2.15. The molecule has 0 aromatic heterocycles. The van der Waals surface area contributed by atoms with Crippen LogP contribution in [-0.2, 0) is 4.79 Å². The van der Waals surface area contributed by atoms with Gasteiger partial charge in [0, 0.05) is 18.5 Å². The maximum absolute atomic E-state index is 12.4. The van der Waals surface area contributed by atoms with Crippen molar-refractivity contribution in [2.45, 2.75) is 58.4 Å². The topological polar surface area (TPSA) is 44.1 Å². The number of nitrogens with zero attached hydrogens (tertiary/aromatic N) is 2. The lowest BCUT2D eigenvalue weighted by Crippen LogP contribution is -2.45. The van der Waals surface area contributed by atoms with Crippen molar-refractivity contribution in [3.05, 3.63) is 0 Å². The molecule has 0 aromatic carbocycles. The maximum Gasteiger partial charge on any atom is 0.228 e. The Kier molecular flexibility index (Phi) is 4.35. The highest BCUT2D eigenvalue weighted by Gasteiger charge is 2.37. The Morgan fingerprint density at radius 1 is 1.44 bits per heavy atom. The SMILES string of the molecule is CC(CC#N)N(C)C(=O)C1(C)CCCCC1. The molecular formula is C13H22N2O. The average molecular weight is 222 g/mol. The largest absolute Gasteiger partial charge is 0.342 e. The molecule has 0 aliphatic heterocycles. The fourth-order valence-electron chi connectivity index (χ4n) is 2.44. The number of amides is 1. The van der Waals surface area contributed by atoms with Gasteiger partial charge in [-0.05, 0) is 19.8 Å². The smallest absolute Gasteiger partial charge is 0.228 e. The second-order valence-electron chi connectivity index (χ2n) is 5.25. The number of carbonyl (C=O) groups excluding carboxylic acids is 1. The van der Waals surface area contributed by atoms with E-state index in [4.69, 9.17) is 5.26 Å². The molecule has 3 nitrogen and oxygen atoms in total. The molecule has 1 rings (SSSR count). The van der Waals surface area contributed by atoms with E-state index in [1.54, 1.807) is 4.90 Å². The number of hydrogen-bond donors (Lipinski definition) is 0. The normalized spacial score (nSPS) is 20.9. The van der Waals surface area contributed by atoms with Crippen molar-refractivity contribution >= 4 is 5.91 Å². The number of rotatable bonds is 3. The number of hydrogen-bond acceptors (Lipinski definition) is 2. The number of carbonyl (C=O) groups is 1. The molecule has 0 radical (unpaired) electrons. The van der Waals surface area contributed by atoms with Crippen molar-refractivity contribution in [3.63, 3.8) is 0 Å². The van der Waals surface area contributed by atoms with Crippen molar-refractivity contribution in [3.8, 4) is 6.07 Å². The van der Waals surface area contributed by atoms with Gasteiger partial charge in [-0.3, -0.25) is 4.79 Å². The first-order chi connectivity index (χ1) is 7.51. The van der Waals surface area contributed by atoms with Crippen LogP contribution in [0.2, 0.25) is 0 Å². The van der Waals surface area contributed by atoms with Crippen LogP contribution in [0.1, 0.15) is 52.4 Å². The van der Waals surface area contributed by atoms with E-state index in [2.05, 4.69) is 13.0 Å². The third-order valence-electron chi connectivity index (χ3n) is 3.84. The van der Waals surface area contributed by atoms with Crippen molar-refractivity contribution in [1.82, 2.24) is 4.90 Å². The standard InChI is InChI=1S/C13H22N2O/c1-11(7-10-14)15(3)12(16)13(2)8-5-4-6-9-13/h11H,4-9H2,1-3H3. The minimum atomic E-state index is -0.184. The predicted octanol–water partition coefficient (Wildman–Crippen LogP) is 2.72. The minimum absolute atomic E-state index is 0.0243. The fraction of sp³-hybridized carbons (Fsp3) is 0.846. The van der Waals surface area contributed by atoms with Gasteiger partial charge in [0.2, 0.25) is 5.91 Å². The van der Waals surface area contributed by atoms with Gasteiger partial charge in [0.05, 0.1) is 12.5 Å². The van der Waals surface area contributed by atoms with Crippen molar-refractivity contribution in [1.29, 1.82) is 5.26 Å². The van der Waals surface area contributed by atoms with Gasteiger partial charge in [-0.15, -0.1) is 0 Å². The van der Waals surface area contributed by atoms with Crippen LogP contribution in [0.25, 0.3) is 0 Å². The molecule has 0 N–H and O–H groups in total. The Labute approximate surface area is 98.4 Å². The van der Waals surface area contributed by atoms with Gasteiger partial charge in [0.1, 0.15) is 0 Å². The first-order valence-corrected chi connectivity index (χ1v) is 6.15. The zero-order valence-electron chi connectivity index (χ0n) is 10.6. The van der Waals surface area contributed by atoms with Crippen LogP contribution in [0.5, 0.6) is 0 Å². The molecule has 1 saturated carbocycles. The van der Waals surface area contributed by atoms with E-state index in [1.807, 2.05) is 14.0 Å². The Morgan fingerprint density at radius 2 is 2.00 bits per heavy atom. The molecule has 1 aliphatic carbocycles. The van der Waals surface area contributed by atoms with Gasteiger partial charge in [0.15, 0.2) is 0 Å². The lowest BCUT2D eigenvalue weighted by atomic mass is 9.74. The molecule has 0 heterocycles. The van der Waals surface area contributed by atoms with Crippen LogP contribution in [0.4, 0.5) is 0 Å². The molecule has 90 valence electrons. The second kappa shape index (κ2) is 5.34. The fourth-order valence-corrected chi connectivity index (χ4v) is 2.44. The summed E-state index contributed by atoms with van der Waals surface area (Å²) in [6.07, 6.45) is 5.97. The predicted molar refractivity (Wildman–Crippen MR) is 63.7 cm³/mol. The third kappa shape index (κ3) is 2.75. The molecule has 1 atom stereocenters. The molecule has 1 amide bonds. The molecule has 0 bridgehead atoms. The zero-order chi connectivity index (χ0) is 12.2. The summed E-state index contributed by atoms with van der Waals surface area (Å²) in [7, 11) is 1.82. The van der Waals surface area contributed by atoms with Crippen LogP contribution < -0.4 is 0 Å². The van der Waals surface area contributed by atoms with Crippen molar-refractivity contribution in [2.24, 2.45) is 5.41 Å². The molecule has 1 fully saturated rings. The first-order valence-electron chi connectivity index (χ1n) is 6.15. The van der Waals surface area contributed by atoms with E-state index in [1.165, 1.54) is 6.42 Å². The molecular weight excluding hydrogens is 200 g/mol. The highest BCUT2D eigenvalue weighted by Crippen LogP contribution is 2.37. The van der Waals surface area contributed by atoms with Gasteiger partial charge < -0.3 is 4.90 Å². The summed E-state index contributed by atoms with van der Waals surface area (Å²) in [4.78, 5) is 14.1. The van der Waals surface area contributed by atoms with Gasteiger partial charge in [0.25, 0.3) is 0 Å². The van der Waals surface area contributed by atoms with E-state index < -0.39 is 0 Å². The Bertz CT molecular complexity index is 287. The van der Waals surface area contributed by atoms with E-state index in [9.17, 15) is 4.79 Å². The molecule has 3 heteroatoms. The molecule has 1 unspecified atom stereocenters. The highest BCUT2D eigenvalue weighted by atomic mass is 16.2. The zero-order valence-corrected chi connectivity index (χ0v) is 10.6. The Balaban J connectivity index is 2.65. The van der Waals surface area contributed by atoms with E-state index >= 15 is 0 Å². The lowest BCUT2D eigenvalue weighted by Gasteiger charge is -2.37. The first kappa shape index (κ1) is 13.0. The molecule has 0 saturated heterocycles. The lowest BCUT2D eigenvalue weighted by molar-refractivity contribution is -0.143. The van der Waals surface area contributed by atoms with Gasteiger partial charge in [-0.1, -0.05) is 26.2 Å². The van der Waals surface area contributed by atoms with Crippen LogP contribution >= 0.6 is 0 Å². The minimum Gasteiger partial charge on any atom is -0.342 e. The average Bonchev–Trinajstić information content (AvgIpc) is 2.28. The Hall–Kier alpha value is -1.04. The van der Waals surface area contributed by atoms with Crippen LogP contribution in [0, 0.1) is 16.7 Å². The number of nitriles is 1. The summed E-state index contributed by atoms with van der Waals surface area (Å²) in [6.45, 7) is 4.01. The van der Waals surface area contributed by atoms with E-state index in [0.717, 1.165) is 25.7 Å². The summed E-state index contributed by atoms with van der Waals surface area (Å²) in [5.41, 5.74) is -0.184. The molecule has 16 heavy (non-hydrogen) atoms. The van der Waals surface area contributed by atoms with Crippen LogP contribution in [0.3, 0.4) is 0 Å². The summed E-state index contributed by atoms with van der Waals surface area (Å²) in [5.74, 6) is 0.218. The van der Waals surface area contributed by atoms with E-state index in [-0.39, 0.29) is 17.4 Å². The van der Waals surface area contributed by atoms with E-state index in [0.29, 0.717) is 6.42 Å². The summed E-state index contributed by atoms with van der Waals surface area (Å²) in [5, 5.41) is 8.65. The summed E-state index contributed by atoms with van der Waals surface area (Å²) < 4.78 is 0. The van der Waals surface area contributed by atoms with Crippen molar-refractivity contribution < 1.29 is 4.79 Å². The van der Waals surface area contributed by atoms with Gasteiger partial charge in [-0.25, -0.2) is 0 Å². The Morgan fingerprint density at radius 3 is 2.50 bits per heavy atom. The third-order valence-corrected chi connectivity index (χ3v) is 3.84. The quantitative estimate of drug-likeness (QED) is 0.737.